The fraction of sp³-hybridized carbons (Fsp3) is 0.438. The van der Waals surface area contributed by atoms with E-state index in [0.717, 1.165) is 25.3 Å². The molecule has 1 N–H and O–H groups in total. The van der Waals surface area contributed by atoms with Crippen LogP contribution in [0.5, 0.6) is 0 Å². The summed E-state index contributed by atoms with van der Waals surface area (Å²) in [5, 5.41) is 12.7. The van der Waals surface area contributed by atoms with E-state index in [-0.39, 0.29) is 17.8 Å². The second kappa shape index (κ2) is 8.40. The van der Waals surface area contributed by atoms with Crippen LogP contribution in [-0.4, -0.2) is 39.1 Å². The van der Waals surface area contributed by atoms with Crippen molar-refractivity contribution in [1.82, 2.24) is 14.8 Å². The summed E-state index contributed by atoms with van der Waals surface area (Å²) >= 11 is 13.3. The monoisotopic (exact) mass is 400 g/mol. The lowest BCUT2D eigenvalue weighted by molar-refractivity contribution is -0.113. The minimum atomic E-state index is -0.182. The topological polar surface area (TPSA) is 69.0 Å². The number of nitrogens with one attached hydrogen (secondary N) is 1. The zero-order valence-electron chi connectivity index (χ0n) is 13.7. The highest BCUT2D eigenvalue weighted by atomic mass is 35.5. The van der Waals surface area contributed by atoms with Crippen molar-refractivity contribution in [1.29, 1.82) is 0 Å². The first kappa shape index (κ1) is 18.5. The van der Waals surface area contributed by atoms with E-state index in [1.165, 1.54) is 11.8 Å². The molecule has 0 bridgehead atoms. The van der Waals surface area contributed by atoms with Gasteiger partial charge in [-0.15, -0.1) is 10.2 Å². The molecule has 1 fully saturated rings. The van der Waals surface area contributed by atoms with Crippen LogP contribution in [0.2, 0.25) is 10.0 Å². The molecule has 1 aromatic carbocycles. The van der Waals surface area contributed by atoms with Gasteiger partial charge < -0.3 is 14.6 Å². The number of carbonyl (C=O) groups is 1. The lowest BCUT2D eigenvalue weighted by Crippen LogP contribution is -2.18. The van der Waals surface area contributed by atoms with Crippen molar-refractivity contribution in [3.8, 4) is 0 Å². The lowest BCUT2D eigenvalue weighted by Gasteiger charge is -2.13. The zero-order chi connectivity index (χ0) is 17.8. The van der Waals surface area contributed by atoms with E-state index < -0.39 is 0 Å². The Morgan fingerprint density at radius 1 is 1.44 bits per heavy atom. The Kier molecular flexibility index (Phi) is 6.22. The van der Waals surface area contributed by atoms with Gasteiger partial charge in [0.05, 0.1) is 29.1 Å². The summed E-state index contributed by atoms with van der Waals surface area (Å²) < 4.78 is 7.67. The molecule has 2 aromatic rings. The summed E-state index contributed by atoms with van der Waals surface area (Å²) in [6.07, 6.45) is 2.31. The SMILES string of the molecule is Cc1nnc(SCC(=O)Nc2cc(Cl)ccc2Cl)n1C[C@H]1CCCO1. The van der Waals surface area contributed by atoms with Gasteiger partial charge in [0.2, 0.25) is 5.91 Å². The molecular weight excluding hydrogens is 383 g/mol. The molecule has 0 unspecified atom stereocenters. The maximum atomic E-state index is 12.2. The van der Waals surface area contributed by atoms with Crippen LogP contribution in [0.3, 0.4) is 0 Å². The summed E-state index contributed by atoms with van der Waals surface area (Å²) in [4.78, 5) is 12.2. The van der Waals surface area contributed by atoms with Gasteiger partial charge in [0.25, 0.3) is 0 Å². The van der Waals surface area contributed by atoms with Crippen molar-refractivity contribution in [3.63, 3.8) is 0 Å². The molecule has 6 nitrogen and oxygen atoms in total. The van der Waals surface area contributed by atoms with Crippen LogP contribution in [0.4, 0.5) is 5.69 Å². The molecule has 1 aliphatic rings. The summed E-state index contributed by atoms with van der Waals surface area (Å²) in [6, 6.07) is 4.94. The van der Waals surface area contributed by atoms with Gasteiger partial charge in [0.15, 0.2) is 5.16 Å². The van der Waals surface area contributed by atoms with Gasteiger partial charge >= 0.3 is 0 Å². The number of ether oxygens (including phenoxy) is 1. The number of benzene rings is 1. The predicted octanol–water partition coefficient (Wildman–Crippen LogP) is 3.80. The van der Waals surface area contributed by atoms with Gasteiger partial charge in [-0.3, -0.25) is 4.79 Å². The molecule has 134 valence electrons. The Hall–Kier alpha value is -1.28. The number of thioether (sulfide) groups is 1. The average Bonchev–Trinajstić information content (AvgIpc) is 3.21. The third-order valence-corrected chi connectivity index (χ3v) is 5.38. The maximum Gasteiger partial charge on any atom is 0.234 e. The standard InChI is InChI=1S/C16H18Cl2N4O2S/c1-10-20-21-16(22(10)8-12-3-2-6-24-12)25-9-15(23)19-14-7-11(17)4-5-13(14)18/h4-5,7,12H,2-3,6,8-9H2,1H3,(H,19,23)/t12-/m1/s1. The van der Waals surface area contributed by atoms with Crippen molar-refractivity contribution in [2.75, 3.05) is 17.7 Å². The van der Waals surface area contributed by atoms with Crippen molar-refractivity contribution in [2.24, 2.45) is 0 Å². The number of rotatable bonds is 6. The van der Waals surface area contributed by atoms with Gasteiger partial charge in [-0.1, -0.05) is 35.0 Å². The van der Waals surface area contributed by atoms with Gasteiger partial charge in [-0.2, -0.15) is 0 Å². The summed E-state index contributed by atoms with van der Waals surface area (Å²) in [6.45, 7) is 3.41. The summed E-state index contributed by atoms with van der Waals surface area (Å²) in [7, 11) is 0. The Labute approximate surface area is 160 Å². The normalized spacial score (nSPS) is 17.0. The molecule has 9 heteroatoms. The maximum absolute atomic E-state index is 12.2. The molecule has 2 heterocycles. The number of anilines is 1. The molecule has 1 atom stereocenters. The molecule has 25 heavy (non-hydrogen) atoms. The first-order valence-corrected chi connectivity index (χ1v) is 9.66. The van der Waals surface area contributed by atoms with Gasteiger partial charge in [-0.25, -0.2) is 0 Å². The second-order valence-corrected chi connectivity index (χ2v) is 7.52. The number of hydrogen-bond acceptors (Lipinski definition) is 5. The smallest absolute Gasteiger partial charge is 0.234 e. The Morgan fingerprint density at radius 3 is 3.04 bits per heavy atom. The van der Waals surface area contributed by atoms with Crippen LogP contribution in [0.25, 0.3) is 0 Å². The van der Waals surface area contributed by atoms with Crippen LogP contribution in [-0.2, 0) is 16.1 Å². The lowest BCUT2D eigenvalue weighted by atomic mass is 10.2. The average molecular weight is 401 g/mol. The van der Waals surface area contributed by atoms with E-state index in [4.69, 9.17) is 27.9 Å². The summed E-state index contributed by atoms with van der Waals surface area (Å²) in [5.41, 5.74) is 0.497. The molecule has 1 saturated heterocycles. The Bertz CT molecular complexity index is 763. The van der Waals surface area contributed by atoms with Gasteiger partial charge in [0, 0.05) is 11.6 Å². The van der Waals surface area contributed by atoms with E-state index in [1.54, 1.807) is 18.2 Å². The van der Waals surface area contributed by atoms with Crippen molar-refractivity contribution in [2.45, 2.75) is 37.6 Å². The van der Waals surface area contributed by atoms with Gasteiger partial charge in [-0.05, 0) is 38.0 Å². The molecule has 1 aromatic heterocycles. The molecule has 1 aliphatic heterocycles. The number of halogens is 2. The molecule has 0 saturated carbocycles. The van der Waals surface area contributed by atoms with Crippen LogP contribution < -0.4 is 5.32 Å². The van der Waals surface area contributed by atoms with Crippen LogP contribution in [0.1, 0.15) is 18.7 Å². The number of nitrogens with zero attached hydrogens (tertiary/aromatic N) is 3. The second-order valence-electron chi connectivity index (χ2n) is 5.74. The van der Waals surface area contributed by atoms with E-state index in [9.17, 15) is 4.79 Å². The minimum Gasteiger partial charge on any atom is -0.376 e. The Morgan fingerprint density at radius 2 is 2.28 bits per heavy atom. The summed E-state index contributed by atoms with van der Waals surface area (Å²) in [5.74, 6) is 0.835. The largest absolute Gasteiger partial charge is 0.376 e. The number of aromatic nitrogens is 3. The highest BCUT2D eigenvalue weighted by molar-refractivity contribution is 7.99. The predicted molar refractivity (Wildman–Crippen MR) is 99.5 cm³/mol. The molecule has 0 spiro atoms. The van der Waals surface area contributed by atoms with E-state index in [1.807, 2.05) is 11.5 Å². The first-order chi connectivity index (χ1) is 12.0. The molecule has 3 rings (SSSR count). The first-order valence-electron chi connectivity index (χ1n) is 7.92. The highest BCUT2D eigenvalue weighted by Crippen LogP contribution is 2.26. The minimum absolute atomic E-state index is 0.182. The van der Waals surface area contributed by atoms with Crippen LogP contribution in [0, 0.1) is 6.92 Å². The molecule has 0 radical (unpaired) electrons. The molecule has 1 amide bonds. The highest BCUT2D eigenvalue weighted by Gasteiger charge is 2.20. The van der Waals surface area contributed by atoms with Crippen molar-refractivity contribution >= 4 is 46.6 Å². The number of hydrogen-bond donors (Lipinski definition) is 1. The Balaban J connectivity index is 1.59. The molecular formula is C16H18Cl2N4O2S. The third kappa shape index (κ3) is 4.88. The zero-order valence-corrected chi connectivity index (χ0v) is 16.0. The van der Waals surface area contributed by atoms with Crippen LogP contribution >= 0.6 is 35.0 Å². The number of carbonyl (C=O) groups excluding carboxylic acids is 1. The molecule has 0 aliphatic carbocycles. The fourth-order valence-corrected chi connectivity index (χ4v) is 3.71. The number of aryl methyl sites for hydroxylation is 1. The van der Waals surface area contributed by atoms with Crippen molar-refractivity contribution in [3.05, 3.63) is 34.1 Å². The third-order valence-electron chi connectivity index (χ3n) is 3.85. The number of amides is 1. The van der Waals surface area contributed by atoms with E-state index in [0.29, 0.717) is 27.4 Å². The van der Waals surface area contributed by atoms with E-state index >= 15 is 0 Å². The van der Waals surface area contributed by atoms with Gasteiger partial charge in [0.1, 0.15) is 5.82 Å². The van der Waals surface area contributed by atoms with E-state index in [2.05, 4.69) is 15.5 Å². The quantitative estimate of drug-likeness (QED) is 0.746. The van der Waals surface area contributed by atoms with Crippen molar-refractivity contribution < 1.29 is 9.53 Å². The van der Waals surface area contributed by atoms with Crippen LogP contribution in [0.15, 0.2) is 23.4 Å². The fourth-order valence-electron chi connectivity index (χ4n) is 2.58.